The highest BCUT2D eigenvalue weighted by molar-refractivity contribution is 5.83. The molecule has 114 valence electrons. The van der Waals surface area contributed by atoms with Crippen LogP contribution in [0.4, 0.5) is 0 Å². The molecule has 3 rings (SSSR count). The zero-order valence-corrected chi connectivity index (χ0v) is 12.6. The Kier molecular flexibility index (Phi) is 3.77. The minimum Gasteiger partial charge on any atom is -0.379 e. The Morgan fingerprint density at radius 3 is 2.55 bits per heavy atom. The number of fused-ring (bicyclic) bond motifs is 2. The van der Waals surface area contributed by atoms with E-state index in [0.717, 1.165) is 12.8 Å². The normalized spacial score (nSPS) is 45.4. The van der Waals surface area contributed by atoms with Crippen molar-refractivity contribution in [2.75, 3.05) is 20.3 Å². The molecular weight excluding hydrogens is 254 g/mol. The third-order valence-electron chi connectivity index (χ3n) is 5.71. The summed E-state index contributed by atoms with van der Waals surface area (Å²) in [5.74, 6) is 0.0788. The quantitative estimate of drug-likeness (QED) is 0.772. The molecule has 3 aliphatic heterocycles. The molecule has 5 nitrogen and oxygen atoms in total. The van der Waals surface area contributed by atoms with E-state index in [1.807, 2.05) is 6.92 Å². The summed E-state index contributed by atoms with van der Waals surface area (Å²) in [6, 6.07) is 1.38. The molecule has 1 amide bonds. The molecule has 0 aromatic heterocycles. The number of piperidine rings is 2. The van der Waals surface area contributed by atoms with Crippen LogP contribution >= 0.6 is 0 Å². The summed E-state index contributed by atoms with van der Waals surface area (Å²) >= 11 is 0. The summed E-state index contributed by atoms with van der Waals surface area (Å²) in [5, 5.41) is 3.26. The standard InChI is InChI=1S/C15H27N3O2/c1-15(9-20-8-13(15)16)14(19)17-10-6-11-4-3-5-12(7-10)18(11)2/h10-13H,3-9,16H2,1-2H3,(H,17,19). The molecule has 3 heterocycles. The number of ether oxygens (including phenoxy) is 1. The van der Waals surface area contributed by atoms with Crippen molar-refractivity contribution >= 4 is 5.91 Å². The Morgan fingerprint density at radius 1 is 1.35 bits per heavy atom. The van der Waals surface area contributed by atoms with Crippen LogP contribution in [0.15, 0.2) is 0 Å². The average molecular weight is 281 g/mol. The van der Waals surface area contributed by atoms with Gasteiger partial charge in [-0.05, 0) is 39.7 Å². The highest BCUT2D eigenvalue weighted by Gasteiger charge is 2.46. The van der Waals surface area contributed by atoms with Crippen LogP contribution in [0, 0.1) is 5.41 Å². The van der Waals surface area contributed by atoms with E-state index in [0.29, 0.717) is 31.3 Å². The van der Waals surface area contributed by atoms with Crippen molar-refractivity contribution < 1.29 is 9.53 Å². The number of hydrogen-bond acceptors (Lipinski definition) is 4. The minimum atomic E-state index is -0.557. The first-order chi connectivity index (χ1) is 9.50. The largest absolute Gasteiger partial charge is 0.379 e. The molecule has 4 unspecified atom stereocenters. The fourth-order valence-corrected chi connectivity index (χ4v) is 4.01. The Labute approximate surface area is 121 Å². The third kappa shape index (κ3) is 2.36. The second-order valence-electron chi connectivity index (χ2n) is 7.08. The number of nitrogens with two attached hydrogens (primary N) is 1. The number of hydrogen-bond donors (Lipinski definition) is 2. The molecule has 20 heavy (non-hydrogen) atoms. The van der Waals surface area contributed by atoms with Gasteiger partial charge in [0.2, 0.25) is 5.91 Å². The Morgan fingerprint density at radius 2 is 2.00 bits per heavy atom. The van der Waals surface area contributed by atoms with E-state index in [1.165, 1.54) is 19.3 Å². The predicted molar refractivity (Wildman–Crippen MR) is 77.3 cm³/mol. The average Bonchev–Trinajstić information content (AvgIpc) is 2.72. The summed E-state index contributed by atoms with van der Waals surface area (Å²) < 4.78 is 5.38. The highest BCUT2D eigenvalue weighted by atomic mass is 16.5. The van der Waals surface area contributed by atoms with Gasteiger partial charge in [-0.25, -0.2) is 0 Å². The molecule has 3 saturated heterocycles. The van der Waals surface area contributed by atoms with Crippen LogP contribution in [0.1, 0.15) is 39.0 Å². The molecule has 4 atom stereocenters. The van der Waals surface area contributed by atoms with E-state index in [1.54, 1.807) is 0 Å². The van der Waals surface area contributed by atoms with Gasteiger partial charge >= 0.3 is 0 Å². The molecule has 0 radical (unpaired) electrons. The van der Waals surface area contributed by atoms with Crippen molar-refractivity contribution in [3.8, 4) is 0 Å². The molecular formula is C15H27N3O2. The number of rotatable bonds is 2. The van der Waals surface area contributed by atoms with Gasteiger partial charge in [0.05, 0.1) is 18.6 Å². The molecule has 0 saturated carbocycles. The molecule has 0 spiro atoms. The molecule has 3 aliphatic rings. The van der Waals surface area contributed by atoms with Crippen LogP contribution in [0.5, 0.6) is 0 Å². The molecule has 0 aliphatic carbocycles. The van der Waals surface area contributed by atoms with E-state index >= 15 is 0 Å². The van der Waals surface area contributed by atoms with Gasteiger partial charge in [-0.3, -0.25) is 4.79 Å². The molecule has 3 N–H and O–H groups in total. The topological polar surface area (TPSA) is 67.6 Å². The summed E-state index contributed by atoms with van der Waals surface area (Å²) in [7, 11) is 2.23. The SMILES string of the molecule is CN1C2CCCC1CC(NC(=O)C1(C)COCC1N)C2. The molecule has 3 fully saturated rings. The Bertz CT molecular complexity index is 375. The van der Waals surface area contributed by atoms with E-state index in [-0.39, 0.29) is 11.9 Å². The van der Waals surface area contributed by atoms with Gasteiger partial charge in [-0.2, -0.15) is 0 Å². The maximum absolute atomic E-state index is 12.6. The summed E-state index contributed by atoms with van der Waals surface area (Å²) in [5.41, 5.74) is 5.48. The van der Waals surface area contributed by atoms with Gasteiger partial charge in [0.15, 0.2) is 0 Å². The Balaban J connectivity index is 1.62. The van der Waals surface area contributed by atoms with E-state index in [2.05, 4.69) is 17.3 Å². The first kappa shape index (κ1) is 14.3. The van der Waals surface area contributed by atoms with Gasteiger partial charge in [-0.15, -0.1) is 0 Å². The van der Waals surface area contributed by atoms with Gasteiger partial charge in [-0.1, -0.05) is 6.42 Å². The van der Waals surface area contributed by atoms with Crippen molar-refractivity contribution in [3.63, 3.8) is 0 Å². The first-order valence-electron chi connectivity index (χ1n) is 7.87. The highest BCUT2D eigenvalue weighted by Crippen LogP contribution is 2.34. The monoisotopic (exact) mass is 281 g/mol. The predicted octanol–water partition coefficient (Wildman–Crippen LogP) is 0.482. The number of nitrogens with one attached hydrogen (secondary N) is 1. The smallest absolute Gasteiger partial charge is 0.230 e. The van der Waals surface area contributed by atoms with E-state index < -0.39 is 5.41 Å². The second-order valence-corrected chi connectivity index (χ2v) is 7.08. The minimum absolute atomic E-state index is 0.0788. The van der Waals surface area contributed by atoms with Crippen LogP contribution in [0.25, 0.3) is 0 Å². The number of nitrogens with zero attached hydrogens (tertiary/aromatic N) is 1. The van der Waals surface area contributed by atoms with Gasteiger partial charge < -0.3 is 20.7 Å². The molecule has 5 heteroatoms. The van der Waals surface area contributed by atoms with Gasteiger partial charge in [0, 0.05) is 24.2 Å². The first-order valence-corrected chi connectivity index (χ1v) is 7.87. The maximum atomic E-state index is 12.6. The van der Waals surface area contributed by atoms with Crippen molar-refractivity contribution in [2.24, 2.45) is 11.1 Å². The number of carbonyl (C=O) groups excluding carboxylic acids is 1. The van der Waals surface area contributed by atoms with Crippen molar-refractivity contribution in [3.05, 3.63) is 0 Å². The molecule has 2 bridgehead atoms. The fourth-order valence-electron chi connectivity index (χ4n) is 4.01. The fraction of sp³-hybridized carbons (Fsp3) is 0.933. The lowest BCUT2D eigenvalue weighted by Gasteiger charge is -2.47. The van der Waals surface area contributed by atoms with Gasteiger partial charge in [0.25, 0.3) is 0 Å². The number of amides is 1. The van der Waals surface area contributed by atoms with Crippen LogP contribution in [0.2, 0.25) is 0 Å². The van der Waals surface area contributed by atoms with Crippen molar-refractivity contribution in [2.45, 2.75) is 63.2 Å². The summed E-state index contributed by atoms with van der Waals surface area (Å²) in [4.78, 5) is 15.1. The summed E-state index contributed by atoms with van der Waals surface area (Å²) in [6.07, 6.45) is 6.01. The number of carbonyl (C=O) groups is 1. The summed E-state index contributed by atoms with van der Waals surface area (Å²) in [6.45, 7) is 2.86. The van der Waals surface area contributed by atoms with Crippen LogP contribution in [-0.2, 0) is 9.53 Å². The maximum Gasteiger partial charge on any atom is 0.230 e. The van der Waals surface area contributed by atoms with Crippen LogP contribution in [-0.4, -0.2) is 55.2 Å². The van der Waals surface area contributed by atoms with Crippen LogP contribution < -0.4 is 11.1 Å². The van der Waals surface area contributed by atoms with Crippen LogP contribution in [0.3, 0.4) is 0 Å². The zero-order chi connectivity index (χ0) is 14.3. The molecule has 0 aromatic carbocycles. The van der Waals surface area contributed by atoms with E-state index in [9.17, 15) is 4.79 Å². The second kappa shape index (κ2) is 5.28. The van der Waals surface area contributed by atoms with Crippen molar-refractivity contribution in [1.29, 1.82) is 0 Å². The lowest BCUT2D eigenvalue weighted by Crippen LogP contribution is -2.58. The molecule has 0 aromatic rings. The lowest BCUT2D eigenvalue weighted by atomic mass is 9.80. The van der Waals surface area contributed by atoms with Crippen molar-refractivity contribution in [1.82, 2.24) is 10.2 Å². The van der Waals surface area contributed by atoms with Gasteiger partial charge in [0.1, 0.15) is 0 Å². The van der Waals surface area contributed by atoms with E-state index in [4.69, 9.17) is 10.5 Å². The Hall–Kier alpha value is -0.650. The zero-order valence-electron chi connectivity index (χ0n) is 12.6. The lowest BCUT2D eigenvalue weighted by molar-refractivity contribution is -0.132. The third-order valence-corrected chi connectivity index (χ3v) is 5.71.